The van der Waals surface area contributed by atoms with Crippen LogP contribution in [0.25, 0.3) is 11.3 Å². The number of ketones is 2. The lowest BCUT2D eigenvalue weighted by molar-refractivity contribution is -0.166. The van der Waals surface area contributed by atoms with Crippen LogP contribution in [0.1, 0.15) is 11.1 Å². The molecule has 1 amide bonds. The van der Waals surface area contributed by atoms with Gasteiger partial charge in [0, 0.05) is 5.92 Å². The predicted octanol–water partition coefficient (Wildman–Crippen LogP) is -3.59. The highest BCUT2D eigenvalue weighted by molar-refractivity contribution is 6.25. The van der Waals surface area contributed by atoms with Gasteiger partial charge in [0.25, 0.3) is 5.91 Å². The van der Waals surface area contributed by atoms with Gasteiger partial charge in [-0.05, 0) is 31.3 Å². The Morgan fingerprint density at radius 2 is 1.79 bits per heavy atom. The van der Waals surface area contributed by atoms with Crippen LogP contribution in [0.15, 0.2) is 41.7 Å². The number of halogens is 1. The van der Waals surface area contributed by atoms with Crippen molar-refractivity contribution in [1.82, 2.24) is 4.90 Å². The van der Waals surface area contributed by atoms with Crippen LogP contribution in [0.3, 0.4) is 0 Å². The number of fused-ring (bicyclic) bond motifs is 3. The van der Waals surface area contributed by atoms with E-state index in [1.807, 2.05) is 0 Å². The number of aliphatic hydroxyl groups excluding tert-OH is 3. The molecule has 3 aliphatic rings. The van der Waals surface area contributed by atoms with Crippen LogP contribution in [-0.4, -0.2) is 79.7 Å². The summed E-state index contributed by atoms with van der Waals surface area (Å²) in [4.78, 5) is 39.8. The Hall–Kier alpha value is -3.18. The molecule has 2 unspecified atom stereocenters. The summed E-state index contributed by atoms with van der Waals surface area (Å²) in [7, 11) is 2.88. The number of Topliss-reactive ketones (excluding diaryl/α,β-unsaturated/α-hetero) is 2. The molecule has 176 valence electrons. The number of likely N-dealkylation sites (N-methyl/N-ethyl adjacent to an activating group) is 1. The number of phenols is 1. The number of rotatable bonds is 2. The number of hydrogen-bond donors (Lipinski definition) is 6. The number of aliphatic hydroxyl groups is 4. The van der Waals surface area contributed by atoms with Crippen molar-refractivity contribution in [2.45, 2.75) is 17.7 Å². The van der Waals surface area contributed by atoms with Gasteiger partial charge >= 0.3 is 0 Å². The molecule has 33 heavy (non-hydrogen) atoms. The van der Waals surface area contributed by atoms with E-state index in [1.165, 1.54) is 37.2 Å². The summed E-state index contributed by atoms with van der Waals surface area (Å²) >= 11 is 0. The Bertz CT molecular complexity index is 1190. The Morgan fingerprint density at radius 1 is 1.18 bits per heavy atom. The minimum Gasteiger partial charge on any atom is -1.00 e. The van der Waals surface area contributed by atoms with Gasteiger partial charge in [-0.15, -0.1) is 0 Å². The first-order chi connectivity index (χ1) is 14.9. The van der Waals surface area contributed by atoms with E-state index in [0.29, 0.717) is 0 Å². The maximum Gasteiger partial charge on any atom is 0.255 e. The summed E-state index contributed by atoms with van der Waals surface area (Å²) in [6.45, 7) is 3.91. The maximum absolute atomic E-state index is 13.6. The van der Waals surface area contributed by atoms with Crippen molar-refractivity contribution >= 4 is 28.8 Å². The molecular formula is C22H22ClN2O8-. The first-order valence-electron chi connectivity index (χ1n) is 9.71. The van der Waals surface area contributed by atoms with E-state index in [-0.39, 0.29) is 34.9 Å². The van der Waals surface area contributed by atoms with Gasteiger partial charge in [-0.2, -0.15) is 0 Å². The van der Waals surface area contributed by atoms with Crippen molar-refractivity contribution in [3.63, 3.8) is 0 Å². The molecule has 1 aromatic rings. The van der Waals surface area contributed by atoms with Crippen LogP contribution in [0.5, 0.6) is 5.75 Å². The molecular weight excluding hydrogens is 456 g/mol. The molecule has 4 rings (SSSR count). The molecule has 0 bridgehead atoms. The predicted molar refractivity (Wildman–Crippen MR) is 111 cm³/mol. The van der Waals surface area contributed by atoms with Gasteiger partial charge in [-0.1, -0.05) is 18.7 Å². The molecule has 0 heterocycles. The quantitative estimate of drug-likeness (QED) is 0.234. The van der Waals surface area contributed by atoms with Crippen molar-refractivity contribution in [3.05, 3.63) is 52.8 Å². The van der Waals surface area contributed by atoms with E-state index >= 15 is 0 Å². The Balaban J connectivity index is 0.00000306. The van der Waals surface area contributed by atoms with Gasteiger partial charge in [-0.25, -0.2) is 0 Å². The first kappa shape index (κ1) is 24.5. The lowest BCUT2D eigenvalue weighted by atomic mass is 9.55. The number of phenolic OH excluding ortho intramolecular Hbond substituents is 1. The number of carbonyl (C=O) groups is 3. The fourth-order valence-electron chi connectivity index (χ4n) is 5.21. The van der Waals surface area contributed by atoms with Crippen molar-refractivity contribution < 1.29 is 52.3 Å². The van der Waals surface area contributed by atoms with E-state index in [9.17, 15) is 39.9 Å². The number of aromatic hydroxyl groups is 1. The number of amides is 1. The zero-order valence-corrected chi connectivity index (χ0v) is 18.4. The molecule has 3 aliphatic carbocycles. The number of nitrogens with two attached hydrogens (primary N) is 1. The van der Waals surface area contributed by atoms with Crippen molar-refractivity contribution in [2.24, 2.45) is 17.6 Å². The summed E-state index contributed by atoms with van der Waals surface area (Å²) in [5, 5.41) is 54.7. The standard InChI is InChI=1S/C22H22N2O8.ClH/c1-7-8-5-4-6-9(25)11(8)16(26)12-10(7)17(27)14-15(24(2)3)18(28)13(21(23)31)20(30)22(14,32)19(12)29;/h4-6,10,14-15,17,25-27,30,32H,1H2,2-3H3,(H2,23,31);1H/p-1/t10-,14-,15?,17?,22+;/m1./s1. The molecule has 0 saturated heterocycles. The number of nitrogens with zero attached hydrogens (tertiary/aromatic N) is 1. The normalized spacial score (nSPS) is 31.1. The second kappa shape index (κ2) is 7.70. The monoisotopic (exact) mass is 477 g/mol. The molecule has 1 fully saturated rings. The summed E-state index contributed by atoms with van der Waals surface area (Å²) in [5.74, 6) is -8.78. The average Bonchev–Trinajstić information content (AvgIpc) is 2.70. The average molecular weight is 478 g/mol. The molecule has 0 aliphatic heterocycles. The van der Waals surface area contributed by atoms with Gasteiger partial charge in [-0.3, -0.25) is 19.3 Å². The Labute approximate surface area is 194 Å². The molecule has 11 heteroatoms. The highest BCUT2D eigenvalue weighted by atomic mass is 35.5. The smallest absolute Gasteiger partial charge is 0.255 e. The van der Waals surface area contributed by atoms with Crippen molar-refractivity contribution in [2.75, 3.05) is 14.1 Å². The Kier molecular flexibility index (Phi) is 5.71. The fraction of sp³-hybridized carbons (Fsp3) is 0.318. The topological polar surface area (TPSA) is 182 Å². The van der Waals surface area contributed by atoms with Gasteiger partial charge in [0.1, 0.15) is 22.8 Å². The molecule has 1 saturated carbocycles. The number of carbonyl (C=O) groups excluding carboxylic acids is 3. The van der Waals surface area contributed by atoms with Crippen LogP contribution in [0, 0.1) is 11.8 Å². The number of primary amides is 1. The highest BCUT2D eigenvalue weighted by Gasteiger charge is 2.68. The maximum atomic E-state index is 13.6. The van der Waals surface area contributed by atoms with Gasteiger partial charge in [0.15, 0.2) is 11.4 Å². The molecule has 0 radical (unpaired) electrons. The van der Waals surface area contributed by atoms with Gasteiger partial charge in [0.2, 0.25) is 5.78 Å². The molecule has 7 N–H and O–H groups in total. The summed E-state index contributed by atoms with van der Waals surface area (Å²) in [6, 6.07) is 2.89. The van der Waals surface area contributed by atoms with Crippen LogP contribution in [0.2, 0.25) is 0 Å². The third kappa shape index (κ3) is 2.88. The molecule has 10 nitrogen and oxygen atoms in total. The van der Waals surface area contributed by atoms with Crippen molar-refractivity contribution in [1.29, 1.82) is 0 Å². The largest absolute Gasteiger partial charge is 1.00 e. The van der Waals surface area contributed by atoms with E-state index in [2.05, 4.69) is 6.58 Å². The Morgan fingerprint density at radius 3 is 2.33 bits per heavy atom. The van der Waals surface area contributed by atoms with E-state index in [1.54, 1.807) is 0 Å². The highest BCUT2D eigenvalue weighted by Crippen LogP contribution is 2.55. The summed E-state index contributed by atoms with van der Waals surface area (Å²) < 4.78 is 0. The van der Waals surface area contributed by atoms with Crippen LogP contribution < -0.4 is 18.1 Å². The zero-order chi connectivity index (χ0) is 23.9. The minimum atomic E-state index is -2.94. The van der Waals surface area contributed by atoms with E-state index < -0.39 is 69.7 Å². The molecule has 0 aromatic heterocycles. The zero-order valence-electron chi connectivity index (χ0n) is 17.6. The van der Waals surface area contributed by atoms with Crippen LogP contribution in [0.4, 0.5) is 0 Å². The number of benzene rings is 1. The lowest BCUT2D eigenvalue weighted by Crippen LogP contribution is -3.00. The second-order valence-corrected chi connectivity index (χ2v) is 8.44. The molecule has 5 atom stereocenters. The third-order valence-corrected chi connectivity index (χ3v) is 6.61. The summed E-state index contributed by atoms with van der Waals surface area (Å²) in [5.41, 5.74) is 1.16. The van der Waals surface area contributed by atoms with Crippen LogP contribution in [-0.2, 0) is 14.4 Å². The molecule has 1 aromatic carbocycles. The summed E-state index contributed by atoms with van der Waals surface area (Å²) in [6.07, 6.45) is -1.69. The lowest BCUT2D eigenvalue weighted by Gasteiger charge is -2.52. The van der Waals surface area contributed by atoms with Crippen LogP contribution >= 0.6 is 0 Å². The van der Waals surface area contributed by atoms with Gasteiger partial charge < -0.3 is 43.7 Å². The number of hydrogen-bond acceptors (Lipinski definition) is 9. The molecule has 0 spiro atoms. The fourth-order valence-corrected chi connectivity index (χ4v) is 5.21. The third-order valence-electron chi connectivity index (χ3n) is 6.61. The SMILES string of the molecule is C=C1c2cccc(O)c2C(O)=C2C(=O)[C@]3(O)C(O)=C(C(N)=O)C(=O)C(N(C)C)[C@@H]3C(O)[C@H]12.[Cl-]. The minimum absolute atomic E-state index is 0. The van der Waals surface area contributed by atoms with E-state index in [4.69, 9.17) is 5.73 Å². The first-order valence-corrected chi connectivity index (χ1v) is 9.71. The second-order valence-electron chi connectivity index (χ2n) is 8.44. The van der Waals surface area contributed by atoms with E-state index in [0.717, 1.165) is 0 Å². The van der Waals surface area contributed by atoms with Gasteiger partial charge in [0.05, 0.1) is 29.2 Å². The van der Waals surface area contributed by atoms with Crippen molar-refractivity contribution in [3.8, 4) is 5.75 Å².